The first-order valence-electron chi connectivity index (χ1n) is 10.4. The van der Waals surface area contributed by atoms with Gasteiger partial charge in [-0.3, -0.25) is 14.6 Å². The number of carbonyl (C=O) groups is 1. The Morgan fingerprint density at radius 1 is 1.10 bits per heavy atom. The van der Waals surface area contributed by atoms with E-state index < -0.39 is 0 Å². The van der Waals surface area contributed by atoms with Crippen molar-refractivity contribution in [2.45, 2.75) is 56.5 Å². The van der Waals surface area contributed by atoms with Gasteiger partial charge >= 0.3 is 0 Å². The molecule has 5 rings (SSSR count). The molecule has 0 spiro atoms. The molecule has 0 bridgehead atoms. The molecule has 0 unspecified atom stereocenters. The largest absolute Gasteiger partial charge is 0.355 e. The third-order valence-electron chi connectivity index (χ3n) is 5.91. The lowest BCUT2D eigenvalue weighted by Gasteiger charge is -2.29. The van der Waals surface area contributed by atoms with E-state index in [9.17, 15) is 9.59 Å². The maximum atomic E-state index is 12.6. The standard InChI is InChI=1S/C22H23N5O3/c28-21-10-9-18(14-3-4-14)25-27(21)17-7-5-16(6-8-17)24-22(29)19-12-20(30-26-19)15-2-1-11-23-13-15/h1-2,9-14,16-17H,3-8H2,(H,24,29). The molecule has 2 fully saturated rings. The number of nitrogens with zero attached hydrogens (tertiary/aromatic N) is 4. The van der Waals surface area contributed by atoms with Crippen LogP contribution in [0.15, 0.2) is 52.0 Å². The minimum atomic E-state index is -0.247. The first-order chi connectivity index (χ1) is 14.7. The van der Waals surface area contributed by atoms with E-state index in [2.05, 4.69) is 20.6 Å². The minimum Gasteiger partial charge on any atom is -0.355 e. The van der Waals surface area contributed by atoms with Gasteiger partial charge in [-0.05, 0) is 56.7 Å². The van der Waals surface area contributed by atoms with Gasteiger partial charge in [-0.15, -0.1) is 0 Å². The zero-order valence-corrected chi connectivity index (χ0v) is 16.5. The van der Waals surface area contributed by atoms with Crippen molar-refractivity contribution < 1.29 is 9.32 Å². The summed E-state index contributed by atoms with van der Waals surface area (Å²) in [6.45, 7) is 0. The summed E-state index contributed by atoms with van der Waals surface area (Å²) in [7, 11) is 0. The molecule has 3 aromatic heterocycles. The number of amides is 1. The Hall–Kier alpha value is -3.29. The molecule has 0 saturated heterocycles. The molecule has 2 aliphatic carbocycles. The van der Waals surface area contributed by atoms with E-state index in [4.69, 9.17) is 4.52 Å². The van der Waals surface area contributed by atoms with Gasteiger partial charge in [0.25, 0.3) is 11.5 Å². The van der Waals surface area contributed by atoms with Crippen molar-refractivity contribution in [3.05, 3.63) is 64.5 Å². The first-order valence-corrected chi connectivity index (χ1v) is 10.4. The van der Waals surface area contributed by atoms with E-state index >= 15 is 0 Å². The second-order valence-corrected chi connectivity index (χ2v) is 8.11. The van der Waals surface area contributed by atoms with Gasteiger partial charge in [0.1, 0.15) is 0 Å². The van der Waals surface area contributed by atoms with E-state index in [1.54, 1.807) is 35.3 Å². The van der Waals surface area contributed by atoms with Gasteiger partial charge in [-0.2, -0.15) is 5.10 Å². The van der Waals surface area contributed by atoms with Gasteiger partial charge in [0.15, 0.2) is 11.5 Å². The van der Waals surface area contributed by atoms with Crippen LogP contribution in [0.4, 0.5) is 0 Å². The fourth-order valence-electron chi connectivity index (χ4n) is 4.05. The summed E-state index contributed by atoms with van der Waals surface area (Å²) in [6.07, 6.45) is 8.88. The second-order valence-electron chi connectivity index (χ2n) is 8.11. The van der Waals surface area contributed by atoms with Crippen molar-refractivity contribution in [2.24, 2.45) is 0 Å². The number of hydrogen-bond donors (Lipinski definition) is 1. The third kappa shape index (κ3) is 3.90. The number of aromatic nitrogens is 4. The summed E-state index contributed by atoms with van der Waals surface area (Å²) in [5.74, 6) is 0.785. The highest BCUT2D eigenvalue weighted by Gasteiger charge is 2.29. The Morgan fingerprint density at radius 3 is 2.67 bits per heavy atom. The van der Waals surface area contributed by atoms with E-state index in [1.807, 2.05) is 12.1 Å². The van der Waals surface area contributed by atoms with Crippen LogP contribution in [0.3, 0.4) is 0 Å². The van der Waals surface area contributed by atoms with E-state index in [0.29, 0.717) is 11.7 Å². The molecule has 3 aromatic rings. The van der Waals surface area contributed by atoms with Crippen LogP contribution in [0, 0.1) is 0 Å². The molecular weight excluding hydrogens is 382 g/mol. The molecule has 2 aliphatic rings. The van der Waals surface area contributed by atoms with E-state index in [1.165, 1.54) is 0 Å². The normalized spacial score (nSPS) is 21.3. The van der Waals surface area contributed by atoms with Gasteiger partial charge in [0.2, 0.25) is 0 Å². The lowest BCUT2D eigenvalue weighted by molar-refractivity contribution is 0.0912. The molecule has 154 valence electrons. The van der Waals surface area contributed by atoms with Crippen LogP contribution in [0.2, 0.25) is 0 Å². The topological polar surface area (TPSA) is 103 Å². The van der Waals surface area contributed by atoms with Gasteiger partial charge in [-0.1, -0.05) is 5.16 Å². The fraction of sp³-hybridized carbons (Fsp3) is 0.409. The van der Waals surface area contributed by atoms with Crippen LogP contribution >= 0.6 is 0 Å². The van der Waals surface area contributed by atoms with Crippen LogP contribution in [0.5, 0.6) is 0 Å². The SMILES string of the molecule is O=C(NC1CCC(n2nc(C3CC3)ccc2=O)CC1)c1cc(-c2cccnc2)on1. The summed E-state index contributed by atoms with van der Waals surface area (Å²) >= 11 is 0. The fourth-order valence-corrected chi connectivity index (χ4v) is 4.05. The molecule has 1 N–H and O–H groups in total. The molecule has 1 amide bonds. The summed E-state index contributed by atoms with van der Waals surface area (Å²) in [4.78, 5) is 28.9. The Bertz CT molecular complexity index is 1100. The van der Waals surface area contributed by atoms with E-state index in [-0.39, 0.29) is 29.2 Å². The first kappa shape index (κ1) is 18.7. The summed E-state index contributed by atoms with van der Waals surface area (Å²) < 4.78 is 6.94. The van der Waals surface area contributed by atoms with Gasteiger partial charge < -0.3 is 9.84 Å². The molecule has 8 heteroatoms. The van der Waals surface area contributed by atoms with Crippen molar-refractivity contribution in [3.8, 4) is 11.3 Å². The lowest BCUT2D eigenvalue weighted by Crippen LogP contribution is -2.39. The van der Waals surface area contributed by atoms with Crippen molar-refractivity contribution in [1.29, 1.82) is 0 Å². The van der Waals surface area contributed by atoms with Crippen molar-refractivity contribution >= 4 is 5.91 Å². The average molecular weight is 405 g/mol. The lowest BCUT2D eigenvalue weighted by atomic mass is 9.91. The smallest absolute Gasteiger partial charge is 0.273 e. The van der Waals surface area contributed by atoms with Crippen LogP contribution in [-0.4, -0.2) is 31.9 Å². The van der Waals surface area contributed by atoms with Crippen LogP contribution in [0.25, 0.3) is 11.3 Å². The molecule has 0 radical (unpaired) electrons. The number of rotatable bonds is 5. The predicted octanol–water partition coefficient (Wildman–Crippen LogP) is 3.08. The van der Waals surface area contributed by atoms with Crippen molar-refractivity contribution in [3.63, 3.8) is 0 Å². The molecule has 0 aliphatic heterocycles. The zero-order chi connectivity index (χ0) is 20.5. The second kappa shape index (κ2) is 7.85. The van der Waals surface area contributed by atoms with Crippen molar-refractivity contribution in [2.75, 3.05) is 0 Å². The van der Waals surface area contributed by atoms with Gasteiger partial charge in [0.05, 0.1) is 11.7 Å². The molecule has 2 saturated carbocycles. The Kier molecular flexibility index (Phi) is 4.90. The van der Waals surface area contributed by atoms with Crippen LogP contribution in [0.1, 0.15) is 66.7 Å². The molecule has 0 aromatic carbocycles. The molecule has 8 nitrogen and oxygen atoms in total. The van der Waals surface area contributed by atoms with Crippen LogP contribution < -0.4 is 10.9 Å². The summed E-state index contributed by atoms with van der Waals surface area (Å²) in [5.41, 5.74) is 2.01. The number of hydrogen-bond acceptors (Lipinski definition) is 6. The van der Waals surface area contributed by atoms with Gasteiger partial charge in [0, 0.05) is 42.0 Å². The van der Waals surface area contributed by atoms with E-state index in [0.717, 1.165) is 49.8 Å². The average Bonchev–Trinajstić information content (AvgIpc) is 3.51. The molecule has 0 atom stereocenters. The van der Waals surface area contributed by atoms with Crippen molar-refractivity contribution in [1.82, 2.24) is 25.2 Å². The number of pyridine rings is 1. The summed E-state index contributed by atoms with van der Waals surface area (Å²) in [6, 6.07) is 8.92. The summed E-state index contributed by atoms with van der Waals surface area (Å²) in [5, 5.41) is 11.5. The van der Waals surface area contributed by atoms with Gasteiger partial charge in [-0.25, -0.2) is 4.68 Å². The zero-order valence-electron chi connectivity index (χ0n) is 16.5. The molecular formula is C22H23N5O3. The predicted molar refractivity (Wildman–Crippen MR) is 109 cm³/mol. The molecule has 3 heterocycles. The number of carbonyl (C=O) groups excluding carboxylic acids is 1. The maximum absolute atomic E-state index is 12.6. The highest BCUT2D eigenvalue weighted by molar-refractivity contribution is 5.93. The molecule has 30 heavy (non-hydrogen) atoms. The third-order valence-corrected chi connectivity index (χ3v) is 5.91. The highest BCUT2D eigenvalue weighted by Crippen LogP contribution is 2.38. The van der Waals surface area contributed by atoms with Crippen LogP contribution in [-0.2, 0) is 0 Å². The Morgan fingerprint density at radius 2 is 1.93 bits per heavy atom. The maximum Gasteiger partial charge on any atom is 0.273 e. The quantitative estimate of drug-likeness (QED) is 0.700. The minimum absolute atomic E-state index is 0.0441. The monoisotopic (exact) mass is 405 g/mol. The highest BCUT2D eigenvalue weighted by atomic mass is 16.5. The number of nitrogens with one attached hydrogen (secondary N) is 1. The Balaban J connectivity index is 1.20. The Labute approximate surface area is 173 Å².